The van der Waals surface area contributed by atoms with Gasteiger partial charge in [0.15, 0.2) is 5.58 Å². The van der Waals surface area contributed by atoms with Crippen LogP contribution >= 0.6 is 0 Å². The first-order valence-corrected chi connectivity index (χ1v) is 18.0. The SMILES string of the molecule is c1ccc(-c2ccc3c4ccc(-c5ccccc5)c5c4n(c3c2)-c2ccccc2B5n2c3ccccc3c3ccc4c5ccccc5oc4c32)cc1. The third-order valence-corrected chi connectivity index (χ3v) is 11.4. The highest BCUT2D eigenvalue weighted by molar-refractivity contribution is 6.89. The second-order valence-corrected chi connectivity index (χ2v) is 14.0. The average molecular weight is 661 g/mol. The average Bonchev–Trinajstić information content (AvgIpc) is 3.87. The van der Waals surface area contributed by atoms with Gasteiger partial charge in [0.05, 0.1) is 16.6 Å². The second-order valence-electron chi connectivity index (χ2n) is 14.0. The minimum atomic E-state index is -0.137. The lowest BCUT2D eigenvalue weighted by atomic mass is 9.46. The summed E-state index contributed by atoms with van der Waals surface area (Å²) in [6, 6.07) is 64.2. The van der Waals surface area contributed by atoms with Crippen LogP contribution in [0.1, 0.15) is 0 Å². The molecule has 52 heavy (non-hydrogen) atoms. The van der Waals surface area contributed by atoms with E-state index in [2.05, 4.69) is 185 Å². The zero-order valence-electron chi connectivity index (χ0n) is 28.1. The minimum absolute atomic E-state index is 0.137. The highest BCUT2D eigenvalue weighted by Crippen LogP contribution is 2.42. The smallest absolute Gasteiger partial charge is 0.333 e. The van der Waals surface area contributed by atoms with Crippen LogP contribution < -0.4 is 10.9 Å². The highest BCUT2D eigenvalue weighted by Gasteiger charge is 2.38. The molecule has 1 aliphatic rings. The molecule has 240 valence electrons. The molecule has 1 aliphatic heterocycles. The molecule has 0 bridgehead atoms. The Morgan fingerprint density at radius 1 is 0.423 bits per heavy atom. The molecule has 12 rings (SSSR count). The van der Waals surface area contributed by atoms with Gasteiger partial charge in [-0.1, -0.05) is 146 Å². The van der Waals surface area contributed by atoms with Gasteiger partial charge in [-0.25, -0.2) is 0 Å². The van der Waals surface area contributed by atoms with Crippen molar-refractivity contribution in [3.63, 3.8) is 0 Å². The largest absolute Gasteiger partial charge is 0.454 e. The minimum Gasteiger partial charge on any atom is -0.454 e. The number of para-hydroxylation sites is 3. The monoisotopic (exact) mass is 660 g/mol. The number of furan rings is 1. The van der Waals surface area contributed by atoms with Gasteiger partial charge in [-0.3, -0.25) is 0 Å². The van der Waals surface area contributed by atoms with Gasteiger partial charge in [-0.05, 0) is 63.5 Å². The molecule has 3 aromatic heterocycles. The van der Waals surface area contributed by atoms with E-state index < -0.39 is 0 Å². The fourth-order valence-corrected chi connectivity index (χ4v) is 9.22. The van der Waals surface area contributed by atoms with Gasteiger partial charge in [0.1, 0.15) is 5.58 Å². The van der Waals surface area contributed by atoms with Crippen molar-refractivity contribution >= 4 is 83.3 Å². The Morgan fingerprint density at radius 2 is 1.06 bits per heavy atom. The summed E-state index contributed by atoms with van der Waals surface area (Å²) in [6.45, 7) is -0.137. The Balaban J connectivity index is 1.29. The van der Waals surface area contributed by atoms with Crippen molar-refractivity contribution in [1.29, 1.82) is 0 Å². The molecule has 0 fully saturated rings. The molecule has 8 aromatic carbocycles. The number of hydrogen-bond acceptors (Lipinski definition) is 1. The Morgan fingerprint density at radius 3 is 1.92 bits per heavy atom. The summed E-state index contributed by atoms with van der Waals surface area (Å²) in [5.74, 6) is 0. The van der Waals surface area contributed by atoms with Gasteiger partial charge < -0.3 is 13.5 Å². The number of hydrogen-bond donors (Lipinski definition) is 0. The molecule has 0 amide bonds. The predicted molar refractivity (Wildman–Crippen MR) is 219 cm³/mol. The van der Waals surface area contributed by atoms with Crippen LogP contribution in [0.2, 0.25) is 0 Å². The number of aromatic nitrogens is 2. The van der Waals surface area contributed by atoms with E-state index in [0.29, 0.717) is 0 Å². The van der Waals surface area contributed by atoms with Crippen LogP contribution in [0.3, 0.4) is 0 Å². The molecule has 3 nitrogen and oxygen atoms in total. The van der Waals surface area contributed by atoms with Crippen LogP contribution in [0, 0.1) is 0 Å². The Bertz CT molecular complexity index is 3240. The fraction of sp³-hybridized carbons (Fsp3) is 0. The van der Waals surface area contributed by atoms with E-state index in [9.17, 15) is 0 Å². The molecule has 4 heterocycles. The first-order chi connectivity index (χ1) is 25.8. The molecule has 0 radical (unpaired) electrons. The third-order valence-electron chi connectivity index (χ3n) is 11.4. The van der Waals surface area contributed by atoms with Gasteiger partial charge >= 0.3 is 6.85 Å². The first kappa shape index (κ1) is 28.0. The molecule has 11 aromatic rings. The van der Waals surface area contributed by atoms with Crippen molar-refractivity contribution in [1.82, 2.24) is 9.05 Å². The maximum absolute atomic E-state index is 6.85. The van der Waals surface area contributed by atoms with Gasteiger partial charge in [-0.15, -0.1) is 0 Å². The summed E-state index contributed by atoms with van der Waals surface area (Å²) in [4.78, 5) is 0. The predicted octanol–water partition coefficient (Wildman–Crippen LogP) is 11.1. The van der Waals surface area contributed by atoms with E-state index in [1.165, 1.54) is 77.0 Å². The van der Waals surface area contributed by atoms with Crippen molar-refractivity contribution in [2.45, 2.75) is 0 Å². The van der Waals surface area contributed by atoms with E-state index in [1.54, 1.807) is 0 Å². The highest BCUT2D eigenvalue weighted by atomic mass is 16.3. The van der Waals surface area contributed by atoms with Crippen LogP contribution in [-0.2, 0) is 0 Å². The molecule has 0 unspecified atom stereocenters. The van der Waals surface area contributed by atoms with Gasteiger partial charge in [0, 0.05) is 43.5 Å². The van der Waals surface area contributed by atoms with Crippen LogP contribution in [0.5, 0.6) is 0 Å². The third kappa shape index (κ3) is 3.65. The van der Waals surface area contributed by atoms with E-state index in [4.69, 9.17) is 4.42 Å². The van der Waals surface area contributed by atoms with Crippen LogP contribution in [0.25, 0.3) is 93.5 Å². The fourth-order valence-electron chi connectivity index (χ4n) is 9.22. The summed E-state index contributed by atoms with van der Waals surface area (Å²) in [6.07, 6.45) is 0. The summed E-state index contributed by atoms with van der Waals surface area (Å²) in [7, 11) is 0. The molecule has 0 atom stereocenters. The van der Waals surface area contributed by atoms with Gasteiger partial charge in [0.2, 0.25) is 0 Å². The lowest BCUT2D eigenvalue weighted by molar-refractivity contribution is 0.671. The number of fused-ring (bicyclic) bond motifs is 12. The zero-order valence-corrected chi connectivity index (χ0v) is 28.1. The summed E-state index contributed by atoms with van der Waals surface area (Å²) in [5.41, 5.74) is 15.3. The normalized spacial score (nSPS) is 12.6. The summed E-state index contributed by atoms with van der Waals surface area (Å²) < 4.78 is 12.0. The topological polar surface area (TPSA) is 23.0 Å². The van der Waals surface area contributed by atoms with Crippen molar-refractivity contribution < 1.29 is 4.42 Å². The van der Waals surface area contributed by atoms with Crippen molar-refractivity contribution in [2.75, 3.05) is 0 Å². The summed E-state index contributed by atoms with van der Waals surface area (Å²) in [5, 5.41) is 7.23. The lowest BCUT2D eigenvalue weighted by Gasteiger charge is -2.30. The molecule has 0 aliphatic carbocycles. The summed E-state index contributed by atoms with van der Waals surface area (Å²) >= 11 is 0. The number of benzene rings is 8. The molecule has 0 saturated heterocycles. The van der Waals surface area contributed by atoms with Crippen LogP contribution in [-0.4, -0.2) is 15.9 Å². The van der Waals surface area contributed by atoms with Crippen molar-refractivity contribution in [3.8, 4) is 27.9 Å². The molecular weight excluding hydrogens is 631 g/mol. The maximum Gasteiger partial charge on any atom is 0.333 e. The molecule has 0 spiro atoms. The Hall–Kier alpha value is -6.78. The van der Waals surface area contributed by atoms with Gasteiger partial charge in [0.25, 0.3) is 0 Å². The number of nitrogens with zero attached hydrogens (tertiary/aromatic N) is 2. The lowest BCUT2D eigenvalue weighted by Crippen LogP contribution is -2.53. The second kappa shape index (κ2) is 10.4. The Labute approximate surface area is 299 Å². The standard InChI is InChI=1S/C48H29BN2O/c1-3-13-30(14-4-1)32-23-24-35-37-26-25-33(31-15-5-2-6-16-31)45-46(37)50(43(35)29-32)42-21-11-9-19-40(42)49(45)51-41-20-10-7-17-34(41)38-27-28-39-36-18-8-12-22-44(36)52-48(39)47(38)51/h1-29H. The maximum atomic E-state index is 6.85. The number of rotatable bonds is 3. The first-order valence-electron chi connectivity index (χ1n) is 18.0. The Kier molecular flexibility index (Phi) is 5.58. The quantitative estimate of drug-likeness (QED) is 0.173. The zero-order chi connectivity index (χ0) is 33.9. The van der Waals surface area contributed by atoms with E-state index in [-0.39, 0.29) is 6.85 Å². The molecule has 4 heteroatoms. The van der Waals surface area contributed by atoms with E-state index in [0.717, 1.165) is 27.5 Å². The molecule has 0 N–H and O–H groups in total. The van der Waals surface area contributed by atoms with E-state index in [1.807, 2.05) is 0 Å². The van der Waals surface area contributed by atoms with E-state index >= 15 is 0 Å². The molecule has 0 saturated carbocycles. The van der Waals surface area contributed by atoms with Crippen LogP contribution in [0.15, 0.2) is 180 Å². The molecular formula is C48H29BN2O. The van der Waals surface area contributed by atoms with Crippen molar-refractivity contribution in [2.24, 2.45) is 0 Å². The van der Waals surface area contributed by atoms with Crippen LogP contribution in [0.4, 0.5) is 0 Å². The van der Waals surface area contributed by atoms with Gasteiger partial charge in [-0.2, -0.15) is 0 Å². The van der Waals surface area contributed by atoms with Crippen molar-refractivity contribution in [3.05, 3.63) is 176 Å².